The van der Waals surface area contributed by atoms with Gasteiger partial charge < -0.3 is 14.7 Å². The second-order valence-corrected chi connectivity index (χ2v) is 11.7. The summed E-state index contributed by atoms with van der Waals surface area (Å²) in [7, 11) is -4.43. The summed E-state index contributed by atoms with van der Waals surface area (Å²) in [6.45, 7) is 0.780. The Bertz CT molecular complexity index is 1580. The summed E-state index contributed by atoms with van der Waals surface area (Å²) in [5, 5.41) is 9.50. The summed E-state index contributed by atoms with van der Waals surface area (Å²) >= 11 is 6.08. The molecular formula is C26H22ClF4N3O5S. The van der Waals surface area contributed by atoms with Gasteiger partial charge in [-0.25, -0.2) is 14.1 Å². The number of carbonyl (C=O) groups is 1. The van der Waals surface area contributed by atoms with E-state index in [0.29, 0.717) is 37.5 Å². The maximum Gasteiger partial charge on any atom is 0.419 e. The summed E-state index contributed by atoms with van der Waals surface area (Å²) in [6.07, 6.45) is -4.75. The van der Waals surface area contributed by atoms with Gasteiger partial charge in [0.1, 0.15) is 17.4 Å². The van der Waals surface area contributed by atoms with E-state index < -0.39 is 50.2 Å². The van der Waals surface area contributed by atoms with Crippen LogP contribution >= 0.6 is 11.6 Å². The van der Waals surface area contributed by atoms with Crippen molar-refractivity contribution in [1.82, 2.24) is 9.71 Å². The molecule has 3 aromatic rings. The Kier molecular flexibility index (Phi) is 7.17. The number of aliphatic hydroxyl groups is 1. The minimum atomic E-state index is -4.95. The fourth-order valence-electron chi connectivity index (χ4n) is 4.38. The molecule has 8 nitrogen and oxygen atoms in total. The van der Waals surface area contributed by atoms with E-state index in [-0.39, 0.29) is 34.7 Å². The Morgan fingerprint density at radius 2 is 1.90 bits per heavy atom. The van der Waals surface area contributed by atoms with Crippen LogP contribution < -0.4 is 14.4 Å². The summed E-state index contributed by atoms with van der Waals surface area (Å²) in [4.78, 5) is 19.0. The smallest absolute Gasteiger partial charge is 0.419 e. The van der Waals surface area contributed by atoms with Crippen molar-refractivity contribution in [3.05, 3.63) is 71.0 Å². The molecule has 1 amide bonds. The number of aliphatic hydroxyl groups excluding tert-OH is 1. The van der Waals surface area contributed by atoms with E-state index in [4.69, 9.17) is 16.3 Å². The van der Waals surface area contributed by atoms with Crippen molar-refractivity contribution in [1.29, 1.82) is 0 Å². The van der Waals surface area contributed by atoms with E-state index >= 15 is 0 Å². The molecule has 2 aromatic carbocycles. The van der Waals surface area contributed by atoms with Gasteiger partial charge >= 0.3 is 6.18 Å². The van der Waals surface area contributed by atoms with E-state index in [2.05, 4.69) is 4.98 Å². The van der Waals surface area contributed by atoms with Crippen molar-refractivity contribution < 1.29 is 40.6 Å². The van der Waals surface area contributed by atoms with Crippen LogP contribution in [0.5, 0.6) is 5.75 Å². The van der Waals surface area contributed by atoms with Crippen molar-refractivity contribution in [2.75, 3.05) is 18.0 Å². The number of benzene rings is 2. The molecule has 40 heavy (non-hydrogen) atoms. The highest BCUT2D eigenvalue weighted by molar-refractivity contribution is 7.90. The van der Waals surface area contributed by atoms with Gasteiger partial charge in [-0.3, -0.25) is 4.79 Å². The molecule has 1 aliphatic carbocycles. The summed E-state index contributed by atoms with van der Waals surface area (Å²) in [5.41, 5.74) is -3.05. The first-order chi connectivity index (χ1) is 18.8. The Morgan fingerprint density at radius 3 is 2.55 bits per heavy atom. The predicted octanol–water partition coefficient (Wildman–Crippen LogP) is 4.55. The second kappa shape index (κ2) is 10.2. The molecule has 2 fully saturated rings. The Balaban J connectivity index is 1.39. The standard InChI is InChI=1S/C26H22ClF4N3O5S/c27-16-5-6-18(15-4-7-20(28)19(12-15)26(29,30)31)21(13-16)39-25(9-10-25)24(36)33-40(37,38)23-3-1-2-22(32-23)34-11-8-17(35)14-34/h1-7,12-13,17,35H,8-11,14H2,(H,33,36)/t17-/m0/s1. The molecule has 1 atom stereocenters. The normalized spacial score (nSPS) is 18.4. The third-order valence-electron chi connectivity index (χ3n) is 6.65. The minimum absolute atomic E-state index is 0.0442. The highest BCUT2D eigenvalue weighted by Crippen LogP contribution is 2.45. The van der Waals surface area contributed by atoms with Crippen molar-refractivity contribution in [3.63, 3.8) is 0 Å². The van der Waals surface area contributed by atoms with E-state index in [1.807, 2.05) is 4.72 Å². The van der Waals surface area contributed by atoms with E-state index in [0.717, 1.165) is 6.07 Å². The fraction of sp³-hybridized carbons (Fsp3) is 0.308. The van der Waals surface area contributed by atoms with Gasteiger partial charge in [0.05, 0.1) is 11.7 Å². The number of β-amino-alcohol motifs (C(OH)–C–C–N with tert-alkyl or cyclic N) is 1. The Morgan fingerprint density at radius 1 is 1.15 bits per heavy atom. The summed E-state index contributed by atoms with van der Waals surface area (Å²) < 4.78 is 87.7. The average molecular weight is 600 g/mol. The lowest BCUT2D eigenvalue weighted by molar-refractivity contribution is -0.140. The molecular weight excluding hydrogens is 578 g/mol. The number of ether oxygens (including phenoxy) is 1. The number of halogens is 5. The number of hydrogen-bond donors (Lipinski definition) is 2. The SMILES string of the molecule is O=C(NS(=O)(=O)c1cccc(N2CC[C@H](O)C2)n1)C1(Oc2cc(Cl)ccc2-c2ccc(F)c(C(F)(F)F)c2)CC1. The van der Waals surface area contributed by atoms with Crippen molar-refractivity contribution in [2.45, 2.75) is 42.2 Å². The highest BCUT2D eigenvalue weighted by Gasteiger charge is 2.54. The van der Waals surface area contributed by atoms with Crippen LogP contribution in [0.25, 0.3) is 11.1 Å². The number of pyridine rings is 1. The van der Waals surface area contributed by atoms with Crippen LogP contribution in [0.4, 0.5) is 23.4 Å². The van der Waals surface area contributed by atoms with Gasteiger partial charge in [-0.05, 0) is 54.4 Å². The van der Waals surface area contributed by atoms with E-state index in [1.54, 1.807) is 11.0 Å². The first kappa shape index (κ1) is 28.1. The molecule has 0 bridgehead atoms. The van der Waals surface area contributed by atoms with E-state index in [9.17, 15) is 35.9 Å². The molecule has 14 heteroatoms. The zero-order valence-corrected chi connectivity index (χ0v) is 22.2. The number of hydrogen-bond acceptors (Lipinski definition) is 7. The maximum atomic E-state index is 13.9. The molecule has 1 aliphatic heterocycles. The van der Waals surface area contributed by atoms with Gasteiger partial charge in [0.2, 0.25) is 0 Å². The number of amides is 1. The number of nitrogens with zero attached hydrogens (tertiary/aromatic N) is 2. The van der Waals surface area contributed by atoms with Gasteiger partial charge in [0, 0.05) is 36.5 Å². The molecule has 0 unspecified atom stereocenters. The number of alkyl halides is 3. The third kappa shape index (κ3) is 5.72. The molecule has 1 aromatic heterocycles. The maximum absolute atomic E-state index is 13.9. The molecule has 0 radical (unpaired) electrons. The topological polar surface area (TPSA) is 109 Å². The number of aromatic nitrogens is 1. The molecule has 0 spiro atoms. The number of carbonyl (C=O) groups excluding carboxylic acids is 1. The lowest BCUT2D eigenvalue weighted by atomic mass is 10.0. The minimum Gasteiger partial charge on any atom is -0.477 e. The Hall–Kier alpha value is -3.42. The van der Waals surface area contributed by atoms with Crippen molar-refractivity contribution in [2.24, 2.45) is 0 Å². The molecule has 2 heterocycles. The zero-order valence-electron chi connectivity index (χ0n) is 20.6. The monoisotopic (exact) mass is 599 g/mol. The number of anilines is 1. The van der Waals surface area contributed by atoms with Gasteiger partial charge in [-0.1, -0.05) is 23.7 Å². The van der Waals surface area contributed by atoms with Gasteiger partial charge in [-0.2, -0.15) is 21.6 Å². The van der Waals surface area contributed by atoms with Gasteiger partial charge in [0.15, 0.2) is 10.6 Å². The lowest BCUT2D eigenvalue weighted by Gasteiger charge is -2.21. The third-order valence-corrected chi connectivity index (χ3v) is 8.12. The molecule has 1 saturated heterocycles. The van der Waals surface area contributed by atoms with Crippen LogP contribution in [-0.2, 0) is 21.0 Å². The largest absolute Gasteiger partial charge is 0.477 e. The van der Waals surface area contributed by atoms with Crippen LogP contribution in [0, 0.1) is 5.82 Å². The zero-order chi connectivity index (χ0) is 28.9. The van der Waals surface area contributed by atoms with Crippen LogP contribution in [0.3, 0.4) is 0 Å². The average Bonchev–Trinajstić information content (AvgIpc) is 3.54. The van der Waals surface area contributed by atoms with Crippen LogP contribution in [0.1, 0.15) is 24.8 Å². The fourth-order valence-corrected chi connectivity index (χ4v) is 5.54. The number of nitrogens with one attached hydrogen (secondary N) is 1. The van der Waals surface area contributed by atoms with Crippen LogP contribution in [0.2, 0.25) is 5.02 Å². The van der Waals surface area contributed by atoms with Gasteiger partial charge in [0.25, 0.3) is 15.9 Å². The highest BCUT2D eigenvalue weighted by atomic mass is 35.5. The van der Waals surface area contributed by atoms with Crippen LogP contribution in [-0.4, -0.2) is 49.2 Å². The lowest BCUT2D eigenvalue weighted by Crippen LogP contribution is -2.43. The molecule has 2 aliphatic rings. The summed E-state index contributed by atoms with van der Waals surface area (Å²) in [6, 6.07) is 10.7. The van der Waals surface area contributed by atoms with Crippen molar-refractivity contribution >= 4 is 33.3 Å². The predicted molar refractivity (Wildman–Crippen MR) is 137 cm³/mol. The first-order valence-electron chi connectivity index (χ1n) is 12.1. The summed E-state index contributed by atoms with van der Waals surface area (Å²) in [5.74, 6) is -2.19. The number of sulfonamides is 1. The molecule has 1 saturated carbocycles. The Labute approximate surface area is 231 Å². The first-order valence-corrected chi connectivity index (χ1v) is 14.0. The molecule has 212 valence electrons. The quantitative estimate of drug-likeness (QED) is 0.384. The number of rotatable bonds is 7. The molecule has 5 rings (SSSR count). The molecule has 2 N–H and O–H groups in total. The van der Waals surface area contributed by atoms with Crippen LogP contribution in [0.15, 0.2) is 59.6 Å². The van der Waals surface area contributed by atoms with Crippen molar-refractivity contribution in [3.8, 4) is 16.9 Å². The van der Waals surface area contributed by atoms with E-state index in [1.165, 1.54) is 30.3 Å². The second-order valence-electron chi connectivity index (χ2n) is 9.59. The van der Waals surface area contributed by atoms with Gasteiger partial charge in [-0.15, -0.1) is 0 Å².